The summed E-state index contributed by atoms with van der Waals surface area (Å²) in [4.78, 5) is 6.14. The largest absolute Gasteiger partial charge is 0.363 e. The molecule has 5 heteroatoms. The summed E-state index contributed by atoms with van der Waals surface area (Å²) < 4.78 is 28.0. The number of rotatable bonds is 5. The zero-order chi connectivity index (χ0) is 15.4. The number of hydrogen-bond acceptors (Lipinski definition) is 3. The maximum Gasteiger partial charge on any atom is 0.182 e. The van der Waals surface area contributed by atoms with Crippen molar-refractivity contribution in [3.63, 3.8) is 0 Å². The van der Waals surface area contributed by atoms with Gasteiger partial charge in [0, 0.05) is 24.3 Å². The van der Waals surface area contributed by atoms with Gasteiger partial charge < -0.3 is 10.6 Å². The molecular weight excluding hydrogens is 272 g/mol. The molecule has 0 amide bonds. The number of benzene rings is 1. The van der Waals surface area contributed by atoms with Crippen LogP contribution < -0.4 is 10.6 Å². The van der Waals surface area contributed by atoms with E-state index in [0.717, 1.165) is 11.4 Å². The fourth-order valence-corrected chi connectivity index (χ4v) is 2.23. The van der Waals surface area contributed by atoms with E-state index in [4.69, 9.17) is 5.73 Å². The van der Waals surface area contributed by atoms with Crippen LogP contribution in [-0.4, -0.2) is 11.5 Å². The van der Waals surface area contributed by atoms with E-state index in [-0.39, 0.29) is 17.8 Å². The molecule has 0 aliphatic heterocycles. The minimum Gasteiger partial charge on any atom is -0.363 e. The summed E-state index contributed by atoms with van der Waals surface area (Å²) in [6.45, 7) is 4.75. The smallest absolute Gasteiger partial charge is 0.182 e. The Labute approximate surface area is 123 Å². The van der Waals surface area contributed by atoms with E-state index in [1.165, 1.54) is 6.07 Å². The molecule has 2 N–H and O–H groups in total. The maximum absolute atomic E-state index is 14.2. The molecule has 1 aromatic carbocycles. The average molecular weight is 291 g/mol. The number of nitrogens with two attached hydrogens (primary N) is 1. The van der Waals surface area contributed by atoms with Gasteiger partial charge >= 0.3 is 0 Å². The van der Waals surface area contributed by atoms with Crippen LogP contribution in [0.3, 0.4) is 0 Å². The number of aryl methyl sites for hydroxylation is 1. The Morgan fingerprint density at radius 2 is 1.90 bits per heavy atom. The molecular formula is C16H19F2N3. The molecule has 0 radical (unpaired) electrons. The predicted molar refractivity (Wildman–Crippen MR) is 79.9 cm³/mol. The van der Waals surface area contributed by atoms with Gasteiger partial charge in [0.2, 0.25) is 0 Å². The molecule has 1 aromatic heterocycles. The first kappa shape index (κ1) is 15.4. The topological polar surface area (TPSA) is 42.2 Å². The number of anilines is 1. The summed E-state index contributed by atoms with van der Waals surface area (Å²) in [5.41, 5.74) is 7.52. The minimum atomic E-state index is -0.870. The van der Waals surface area contributed by atoms with Gasteiger partial charge in [-0.3, -0.25) is 4.98 Å². The standard InChI is InChI=1S/C16H19F2N3/c1-3-21(10-13-6-4-5-11(2)20-13)14-8-7-12(9-19)15(17)16(14)18/h4-8H,3,9-10,19H2,1-2H3. The molecule has 3 nitrogen and oxygen atoms in total. The molecule has 0 spiro atoms. The SMILES string of the molecule is CCN(Cc1cccc(C)n1)c1ccc(CN)c(F)c1F. The third kappa shape index (κ3) is 3.36. The maximum atomic E-state index is 14.2. The van der Waals surface area contributed by atoms with E-state index in [1.807, 2.05) is 32.0 Å². The number of pyridine rings is 1. The zero-order valence-electron chi connectivity index (χ0n) is 12.2. The predicted octanol–water partition coefficient (Wildman–Crippen LogP) is 3.15. The number of nitrogens with zero attached hydrogens (tertiary/aromatic N) is 2. The van der Waals surface area contributed by atoms with Crippen molar-refractivity contribution < 1.29 is 8.78 Å². The van der Waals surface area contributed by atoms with Gasteiger partial charge in [0.1, 0.15) is 0 Å². The van der Waals surface area contributed by atoms with E-state index >= 15 is 0 Å². The lowest BCUT2D eigenvalue weighted by atomic mass is 10.1. The molecule has 0 bridgehead atoms. The molecule has 0 aliphatic rings. The monoisotopic (exact) mass is 291 g/mol. The van der Waals surface area contributed by atoms with Gasteiger partial charge in [-0.25, -0.2) is 8.78 Å². The normalized spacial score (nSPS) is 10.7. The fourth-order valence-electron chi connectivity index (χ4n) is 2.23. The van der Waals surface area contributed by atoms with Crippen LogP contribution in [0.2, 0.25) is 0 Å². The van der Waals surface area contributed by atoms with Crippen molar-refractivity contribution in [1.82, 2.24) is 4.98 Å². The van der Waals surface area contributed by atoms with Gasteiger partial charge in [-0.15, -0.1) is 0 Å². The number of halogens is 2. The first-order chi connectivity index (χ1) is 10.1. The summed E-state index contributed by atoms with van der Waals surface area (Å²) in [5, 5.41) is 0. The van der Waals surface area contributed by atoms with Crippen molar-refractivity contribution >= 4 is 5.69 Å². The summed E-state index contributed by atoms with van der Waals surface area (Å²) >= 11 is 0. The number of hydrogen-bond donors (Lipinski definition) is 1. The first-order valence-electron chi connectivity index (χ1n) is 6.91. The van der Waals surface area contributed by atoms with Crippen LogP contribution in [0.1, 0.15) is 23.9 Å². The van der Waals surface area contributed by atoms with Gasteiger partial charge in [0.25, 0.3) is 0 Å². The second-order valence-corrected chi connectivity index (χ2v) is 4.86. The van der Waals surface area contributed by atoms with Crippen molar-refractivity contribution in [2.24, 2.45) is 5.73 Å². The Morgan fingerprint density at radius 3 is 2.52 bits per heavy atom. The quantitative estimate of drug-likeness (QED) is 0.920. The lowest BCUT2D eigenvalue weighted by Gasteiger charge is -2.24. The van der Waals surface area contributed by atoms with Crippen LogP contribution in [0, 0.1) is 18.6 Å². The molecule has 2 aromatic rings. The van der Waals surface area contributed by atoms with Crippen molar-refractivity contribution in [2.75, 3.05) is 11.4 Å². The van der Waals surface area contributed by atoms with Gasteiger partial charge in [0.05, 0.1) is 17.9 Å². The van der Waals surface area contributed by atoms with E-state index in [1.54, 1.807) is 11.0 Å². The van der Waals surface area contributed by atoms with Gasteiger partial charge in [-0.05, 0) is 32.0 Å². The van der Waals surface area contributed by atoms with Crippen LogP contribution in [-0.2, 0) is 13.1 Å². The fraction of sp³-hybridized carbons (Fsp3) is 0.312. The van der Waals surface area contributed by atoms with Gasteiger partial charge in [0.15, 0.2) is 11.6 Å². The Bertz CT molecular complexity index is 629. The third-order valence-electron chi connectivity index (χ3n) is 3.38. The number of aromatic nitrogens is 1. The molecule has 112 valence electrons. The molecule has 2 rings (SSSR count). The van der Waals surface area contributed by atoms with E-state index in [2.05, 4.69) is 4.98 Å². The second-order valence-electron chi connectivity index (χ2n) is 4.86. The van der Waals surface area contributed by atoms with Crippen LogP contribution in [0.25, 0.3) is 0 Å². The second kappa shape index (κ2) is 6.63. The summed E-state index contributed by atoms with van der Waals surface area (Å²) in [7, 11) is 0. The Balaban J connectivity index is 2.31. The van der Waals surface area contributed by atoms with Crippen molar-refractivity contribution in [3.8, 4) is 0 Å². The van der Waals surface area contributed by atoms with Gasteiger partial charge in [-0.1, -0.05) is 12.1 Å². The van der Waals surface area contributed by atoms with Crippen LogP contribution in [0.5, 0.6) is 0 Å². The Hall–Kier alpha value is -2.01. The third-order valence-corrected chi connectivity index (χ3v) is 3.38. The van der Waals surface area contributed by atoms with E-state index in [9.17, 15) is 8.78 Å². The van der Waals surface area contributed by atoms with E-state index in [0.29, 0.717) is 13.1 Å². The average Bonchev–Trinajstić information content (AvgIpc) is 2.48. The van der Waals surface area contributed by atoms with Crippen LogP contribution >= 0.6 is 0 Å². The Kier molecular flexibility index (Phi) is 4.85. The molecule has 0 unspecified atom stereocenters. The van der Waals surface area contributed by atoms with Gasteiger partial charge in [-0.2, -0.15) is 0 Å². The zero-order valence-corrected chi connectivity index (χ0v) is 12.2. The molecule has 1 heterocycles. The van der Waals surface area contributed by atoms with Crippen molar-refractivity contribution in [1.29, 1.82) is 0 Å². The van der Waals surface area contributed by atoms with Crippen molar-refractivity contribution in [2.45, 2.75) is 26.9 Å². The molecule has 0 saturated carbocycles. The molecule has 21 heavy (non-hydrogen) atoms. The highest BCUT2D eigenvalue weighted by atomic mass is 19.2. The summed E-state index contributed by atoms with van der Waals surface area (Å²) in [6, 6.07) is 8.77. The highest BCUT2D eigenvalue weighted by Crippen LogP contribution is 2.25. The summed E-state index contributed by atoms with van der Waals surface area (Å²) in [6.07, 6.45) is 0. The lowest BCUT2D eigenvalue weighted by Crippen LogP contribution is -2.24. The van der Waals surface area contributed by atoms with E-state index < -0.39 is 11.6 Å². The molecule has 0 atom stereocenters. The molecule has 0 aliphatic carbocycles. The molecule has 0 fully saturated rings. The Morgan fingerprint density at radius 1 is 1.14 bits per heavy atom. The molecule has 0 saturated heterocycles. The summed E-state index contributed by atoms with van der Waals surface area (Å²) in [5.74, 6) is -1.72. The highest BCUT2D eigenvalue weighted by molar-refractivity contribution is 5.50. The van der Waals surface area contributed by atoms with Crippen molar-refractivity contribution in [3.05, 3.63) is 58.9 Å². The van der Waals surface area contributed by atoms with Crippen LogP contribution in [0.15, 0.2) is 30.3 Å². The van der Waals surface area contributed by atoms with Crippen LogP contribution in [0.4, 0.5) is 14.5 Å². The lowest BCUT2D eigenvalue weighted by molar-refractivity contribution is 0.496. The minimum absolute atomic E-state index is 0.0193. The first-order valence-corrected chi connectivity index (χ1v) is 6.91. The highest BCUT2D eigenvalue weighted by Gasteiger charge is 2.17.